The van der Waals surface area contributed by atoms with Crippen molar-refractivity contribution in [3.8, 4) is 0 Å². The smallest absolute Gasteiger partial charge is 0.241 e. The summed E-state index contributed by atoms with van der Waals surface area (Å²) in [4.78, 5) is 33.9. The van der Waals surface area contributed by atoms with Crippen LogP contribution in [-0.2, 0) is 29.1 Å². The monoisotopic (exact) mass is 404 g/mol. The number of rotatable bonds is 18. The fraction of sp³-hybridized carbons (Fsp3) is 1.00. The first-order chi connectivity index (χ1) is 13.3. The van der Waals surface area contributed by atoms with Crippen LogP contribution in [0.15, 0.2) is 0 Å². The maximum absolute atomic E-state index is 5.76. The van der Waals surface area contributed by atoms with Crippen molar-refractivity contribution >= 4 is 7.32 Å². The second-order valence-electron chi connectivity index (χ2n) is 7.56. The number of hydrogen-bond acceptors (Lipinski definition) is 6. The third-order valence-corrected chi connectivity index (χ3v) is 6.71. The van der Waals surface area contributed by atoms with Gasteiger partial charge >= 0.3 is 7.32 Å². The molecule has 0 amide bonds. The van der Waals surface area contributed by atoms with Crippen LogP contribution in [0, 0.1) is 0 Å². The molecular weight excluding hydrogens is 359 g/mol. The van der Waals surface area contributed by atoms with E-state index >= 15 is 0 Å². The molecule has 0 unspecified atom stereocenters. The highest BCUT2D eigenvalue weighted by molar-refractivity contribution is 6.35. The van der Waals surface area contributed by atoms with E-state index in [2.05, 4.69) is 62.3 Å². The Morgan fingerprint density at radius 1 is 0.393 bits per heavy atom. The van der Waals surface area contributed by atoms with E-state index in [-0.39, 0.29) is 16.8 Å². The summed E-state index contributed by atoms with van der Waals surface area (Å²) in [5.74, 6) is 0. The van der Waals surface area contributed by atoms with Gasteiger partial charge in [0.05, 0.1) is 0 Å². The summed E-state index contributed by atoms with van der Waals surface area (Å²) >= 11 is 0. The molecule has 0 aliphatic rings. The maximum atomic E-state index is 5.76. The van der Waals surface area contributed by atoms with E-state index in [1.165, 1.54) is 0 Å². The Kier molecular flexibility index (Phi) is 13.9. The lowest BCUT2D eigenvalue weighted by Gasteiger charge is -2.33. The third-order valence-electron chi connectivity index (χ3n) is 6.71. The van der Waals surface area contributed by atoms with Gasteiger partial charge in [0.15, 0.2) is 0 Å². The lowest BCUT2D eigenvalue weighted by Crippen LogP contribution is -2.42. The summed E-state index contributed by atoms with van der Waals surface area (Å²) in [7, 11) is -1.22. The molecule has 7 heteroatoms. The van der Waals surface area contributed by atoms with Gasteiger partial charge in [0, 0.05) is 0 Å². The van der Waals surface area contributed by atoms with Crippen LogP contribution < -0.4 is 0 Å². The summed E-state index contributed by atoms with van der Waals surface area (Å²) in [6.45, 7) is 18.7. The molecule has 28 heavy (non-hydrogen) atoms. The standard InChI is InChI=1S/C21H45BO6/c1-10-19(11-2,12-3)23-26-22(27-24-20(13-4,14-5)15-6)28-25-21(16-7,17-8)18-9/h10-18H2,1-9H3. The highest BCUT2D eigenvalue weighted by Crippen LogP contribution is 2.29. The van der Waals surface area contributed by atoms with Crippen molar-refractivity contribution < 1.29 is 29.1 Å². The zero-order valence-corrected chi connectivity index (χ0v) is 19.9. The third kappa shape index (κ3) is 7.92. The fourth-order valence-corrected chi connectivity index (χ4v) is 3.25. The van der Waals surface area contributed by atoms with Crippen LogP contribution in [0.4, 0.5) is 0 Å². The van der Waals surface area contributed by atoms with Gasteiger partial charge in [-0.2, -0.15) is 0 Å². The molecule has 0 aromatic rings. The van der Waals surface area contributed by atoms with E-state index in [0.717, 1.165) is 57.8 Å². The van der Waals surface area contributed by atoms with E-state index in [9.17, 15) is 0 Å². The number of hydrogen-bond donors (Lipinski definition) is 0. The van der Waals surface area contributed by atoms with Gasteiger partial charge in [-0.05, 0) is 57.8 Å². The van der Waals surface area contributed by atoms with Crippen LogP contribution in [0.1, 0.15) is 120 Å². The minimum absolute atomic E-state index is 0.389. The minimum atomic E-state index is -1.22. The molecular formula is C21H45BO6. The molecule has 0 spiro atoms. The van der Waals surface area contributed by atoms with Crippen molar-refractivity contribution in [2.75, 3.05) is 0 Å². The average Bonchev–Trinajstić information content (AvgIpc) is 2.76. The van der Waals surface area contributed by atoms with Crippen molar-refractivity contribution in [3.63, 3.8) is 0 Å². The predicted molar refractivity (Wildman–Crippen MR) is 113 cm³/mol. The Morgan fingerprint density at radius 2 is 0.571 bits per heavy atom. The Labute approximate surface area is 173 Å². The molecule has 0 aromatic carbocycles. The Hall–Kier alpha value is -0.175. The molecule has 0 aliphatic carbocycles. The van der Waals surface area contributed by atoms with Gasteiger partial charge in [0.1, 0.15) is 16.8 Å². The first-order valence-corrected chi connectivity index (χ1v) is 11.4. The van der Waals surface area contributed by atoms with Crippen molar-refractivity contribution in [3.05, 3.63) is 0 Å². The molecule has 0 N–H and O–H groups in total. The molecule has 6 nitrogen and oxygen atoms in total. The van der Waals surface area contributed by atoms with Gasteiger partial charge in [0.25, 0.3) is 0 Å². The van der Waals surface area contributed by atoms with Crippen molar-refractivity contribution in [1.82, 2.24) is 0 Å². The Bertz CT molecular complexity index is 299. The van der Waals surface area contributed by atoms with Crippen LogP contribution >= 0.6 is 0 Å². The quantitative estimate of drug-likeness (QED) is 0.144. The highest BCUT2D eigenvalue weighted by atomic mass is 17.3. The molecule has 0 radical (unpaired) electrons. The molecule has 0 bridgehead atoms. The van der Waals surface area contributed by atoms with Crippen molar-refractivity contribution in [1.29, 1.82) is 0 Å². The van der Waals surface area contributed by atoms with Crippen LogP contribution in [-0.4, -0.2) is 24.1 Å². The second kappa shape index (κ2) is 13.9. The average molecular weight is 404 g/mol. The summed E-state index contributed by atoms with van der Waals surface area (Å²) in [5.41, 5.74) is -1.17. The van der Waals surface area contributed by atoms with Gasteiger partial charge in [-0.15, -0.1) is 0 Å². The Balaban J connectivity index is 5.19. The van der Waals surface area contributed by atoms with Crippen LogP contribution in [0.5, 0.6) is 0 Å². The SMILES string of the molecule is CCC(CC)(CC)OOB(OOC(CC)(CC)CC)OOC(CC)(CC)CC. The van der Waals surface area contributed by atoms with Gasteiger partial charge in [-0.1, -0.05) is 62.3 Å². The zero-order valence-electron chi connectivity index (χ0n) is 19.9. The highest BCUT2D eigenvalue weighted by Gasteiger charge is 2.39. The zero-order chi connectivity index (χ0) is 21.7. The van der Waals surface area contributed by atoms with Gasteiger partial charge in [-0.25, -0.2) is 29.1 Å². The fourth-order valence-electron chi connectivity index (χ4n) is 3.25. The van der Waals surface area contributed by atoms with E-state index in [1.54, 1.807) is 0 Å². The van der Waals surface area contributed by atoms with Crippen LogP contribution in [0.25, 0.3) is 0 Å². The second-order valence-corrected chi connectivity index (χ2v) is 7.56. The summed E-state index contributed by atoms with van der Waals surface area (Å²) in [6, 6.07) is 0. The molecule has 0 saturated heterocycles. The lowest BCUT2D eigenvalue weighted by molar-refractivity contribution is -0.411. The molecule has 168 valence electrons. The summed E-state index contributed by atoms with van der Waals surface area (Å²) in [5, 5.41) is 0. The molecule has 0 fully saturated rings. The first kappa shape index (κ1) is 27.8. The maximum Gasteiger partial charge on any atom is 0.725 e. The van der Waals surface area contributed by atoms with Crippen LogP contribution in [0.2, 0.25) is 0 Å². The minimum Gasteiger partial charge on any atom is -0.241 e. The molecule has 0 aromatic heterocycles. The molecule has 0 aliphatic heterocycles. The van der Waals surface area contributed by atoms with Crippen molar-refractivity contribution in [2.45, 2.75) is 137 Å². The van der Waals surface area contributed by atoms with E-state index in [4.69, 9.17) is 29.1 Å². The predicted octanol–water partition coefficient (Wildman–Crippen LogP) is 6.72. The van der Waals surface area contributed by atoms with Gasteiger partial charge < -0.3 is 0 Å². The molecule has 0 atom stereocenters. The molecule has 0 rings (SSSR count). The Morgan fingerprint density at radius 3 is 0.714 bits per heavy atom. The van der Waals surface area contributed by atoms with E-state index < -0.39 is 7.32 Å². The van der Waals surface area contributed by atoms with Gasteiger partial charge in [-0.3, -0.25) is 0 Å². The van der Waals surface area contributed by atoms with E-state index in [1.807, 2.05) is 0 Å². The lowest BCUT2D eigenvalue weighted by atomic mass is 9.94. The summed E-state index contributed by atoms with van der Waals surface area (Å²) in [6.07, 6.45) is 7.38. The first-order valence-electron chi connectivity index (χ1n) is 11.4. The van der Waals surface area contributed by atoms with Crippen molar-refractivity contribution in [2.24, 2.45) is 0 Å². The molecule has 0 saturated carbocycles. The molecule has 0 heterocycles. The summed E-state index contributed by atoms with van der Waals surface area (Å²) < 4.78 is 0. The van der Waals surface area contributed by atoms with Gasteiger partial charge in [0.2, 0.25) is 0 Å². The normalized spacial score (nSPS) is 13.2. The topological polar surface area (TPSA) is 55.4 Å². The largest absolute Gasteiger partial charge is 0.725 e. The van der Waals surface area contributed by atoms with E-state index in [0.29, 0.717) is 0 Å². The van der Waals surface area contributed by atoms with Crippen LogP contribution in [0.3, 0.4) is 0 Å².